The van der Waals surface area contributed by atoms with Crippen LogP contribution in [0, 0.1) is 5.92 Å². The van der Waals surface area contributed by atoms with Gasteiger partial charge in [-0.15, -0.1) is 0 Å². The lowest BCUT2D eigenvalue weighted by molar-refractivity contribution is -0.125. The Kier molecular flexibility index (Phi) is 5.61. The van der Waals surface area contributed by atoms with Gasteiger partial charge < -0.3 is 10.1 Å². The molecule has 0 spiro atoms. The summed E-state index contributed by atoms with van der Waals surface area (Å²) < 4.78 is 5.75. The van der Waals surface area contributed by atoms with Crippen molar-refractivity contribution in [3.05, 3.63) is 12.2 Å². The lowest BCUT2D eigenvalue weighted by Gasteiger charge is -2.39. The van der Waals surface area contributed by atoms with Crippen LogP contribution in [0.4, 0.5) is 0 Å². The molecule has 4 nitrogen and oxygen atoms in total. The van der Waals surface area contributed by atoms with E-state index >= 15 is 0 Å². The van der Waals surface area contributed by atoms with E-state index in [2.05, 4.69) is 43.1 Å². The van der Waals surface area contributed by atoms with Gasteiger partial charge in [0.1, 0.15) is 0 Å². The molecule has 0 aromatic carbocycles. The zero-order valence-electron chi connectivity index (χ0n) is 13.0. The Morgan fingerprint density at radius 2 is 2.05 bits per heavy atom. The molecule has 0 bridgehead atoms. The van der Waals surface area contributed by atoms with Crippen LogP contribution in [-0.4, -0.2) is 48.7 Å². The fraction of sp³-hybridized carbons (Fsp3) is 0.812. The molecule has 1 amide bonds. The second-order valence-corrected chi connectivity index (χ2v) is 6.29. The van der Waals surface area contributed by atoms with Crippen molar-refractivity contribution < 1.29 is 9.53 Å². The van der Waals surface area contributed by atoms with Gasteiger partial charge in [0, 0.05) is 31.6 Å². The summed E-state index contributed by atoms with van der Waals surface area (Å²) in [5.41, 5.74) is 0. The van der Waals surface area contributed by atoms with Gasteiger partial charge >= 0.3 is 0 Å². The summed E-state index contributed by atoms with van der Waals surface area (Å²) in [7, 11) is 0. The molecule has 0 saturated carbocycles. The van der Waals surface area contributed by atoms with Crippen LogP contribution in [0.1, 0.15) is 40.0 Å². The molecule has 0 aromatic heterocycles. The molecule has 1 aliphatic carbocycles. The summed E-state index contributed by atoms with van der Waals surface area (Å²) in [4.78, 5) is 14.5. The SMILES string of the molecule is CC1CN(C(C)CNC(=O)C2CC=CCC2)CC(C)O1. The third-order valence-electron chi connectivity index (χ3n) is 4.28. The van der Waals surface area contributed by atoms with Crippen molar-refractivity contribution >= 4 is 5.91 Å². The predicted molar refractivity (Wildman–Crippen MR) is 80.5 cm³/mol. The third-order valence-corrected chi connectivity index (χ3v) is 4.28. The summed E-state index contributed by atoms with van der Waals surface area (Å²) in [6.07, 6.45) is 7.77. The quantitative estimate of drug-likeness (QED) is 0.800. The smallest absolute Gasteiger partial charge is 0.223 e. The fourth-order valence-electron chi connectivity index (χ4n) is 3.13. The molecule has 2 rings (SSSR count). The van der Waals surface area contributed by atoms with E-state index in [4.69, 9.17) is 4.74 Å². The first-order valence-electron chi connectivity index (χ1n) is 7.88. The summed E-state index contributed by atoms with van der Waals surface area (Å²) in [6, 6.07) is 0.367. The molecule has 4 unspecified atom stereocenters. The van der Waals surface area contributed by atoms with Crippen LogP contribution in [0.3, 0.4) is 0 Å². The Bertz CT molecular complexity index is 346. The Labute approximate surface area is 122 Å². The maximum absolute atomic E-state index is 12.1. The summed E-state index contributed by atoms with van der Waals surface area (Å²) >= 11 is 0. The van der Waals surface area contributed by atoms with Crippen LogP contribution in [0.5, 0.6) is 0 Å². The van der Waals surface area contributed by atoms with Crippen molar-refractivity contribution in [1.82, 2.24) is 10.2 Å². The Hall–Kier alpha value is -0.870. The molecule has 4 atom stereocenters. The topological polar surface area (TPSA) is 41.6 Å². The number of nitrogens with one attached hydrogen (secondary N) is 1. The zero-order chi connectivity index (χ0) is 14.5. The van der Waals surface area contributed by atoms with Gasteiger partial charge in [-0.1, -0.05) is 12.2 Å². The van der Waals surface area contributed by atoms with Gasteiger partial charge in [-0.3, -0.25) is 9.69 Å². The van der Waals surface area contributed by atoms with E-state index in [1.54, 1.807) is 0 Å². The summed E-state index contributed by atoms with van der Waals surface area (Å²) in [5, 5.41) is 3.12. The van der Waals surface area contributed by atoms with Crippen LogP contribution in [-0.2, 0) is 9.53 Å². The van der Waals surface area contributed by atoms with Crippen molar-refractivity contribution in [2.24, 2.45) is 5.92 Å². The van der Waals surface area contributed by atoms with Crippen LogP contribution in [0.25, 0.3) is 0 Å². The molecule has 114 valence electrons. The largest absolute Gasteiger partial charge is 0.373 e. The van der Waals surface area contributed by atoms with Crippen LogP contribution < -0.4 is 5.32 Å². The van der Waals surface area contributed by atoms with E-state index in [1.165, 1.54) is 0 Å². The van der Waals surface area contributed by atoms with Gasteiger partial charge in [0.2, 0.25) is 5.91 Å². The Morgan fingerprint density at radius 3 is 2.65 bits per heavy atom. The van der Waals surface area contributed by atoms with E-state index < -0.39 is 0 Å². The first kappa shape index (κ1) is 15.5. The van der Waals surface area contributed by atoms with E-state index in [0.717, 1.165) is 38.9 Å². The Morgan fingerprint density at radius 1 is 1.35 bits per heavy atom. The van der Waals surface area contributed by atoms with Gasteiger partial charge in [0.15, 0.2) is 0 Å². The molecule has 1 saturated heterocycles. The second-order valence-electron chi connectivity index (χ2n) is 6.29. The van der Waals surface area contributed by atoms with Crippen LogP contribution in [0.15, 0.2) is 12.2 Å². The second kappa shape index (κ2) is 7.23. The number of ether oxygens (including phenoxy) is 1. The zero-order valence-corrected chi connectivity index (χ0v) is 13.0. The first-order chi connectivity index (χ1) is 9.56. The Balaban J connectivity index is 1.75. The number of amides is 1. The fourth-order valence-corrected chi connectivity index (χ4v) is 3.13. The van der Waals surface area contributed by atoms with Gasteiger partial charge in [0.25, 0.3) is 0 Å². The number of allylic oxidation sites excluding steroid dienone is 2. The van der Waals surface area contributed by atoms with Crippen LogP contribution in [0.2, 0.25) is 0 Å². The molecule has 4 heteroatoms. The number of carbonyl (C=O) groups is 1. The number of hydrogen-bond donors (Lipinski definition) is 1. The molecule has 0 aromatic rings. The number of hydrogen-bond acceptors (Lipinski definition) is 3. The van der Waals surface area contributed by atoms with Gasteiger partial charge in [-0.25, -0.2) is 0 Å². The molecule has 1 heterocycles. The lowest BCUT2D eigenvalue weighted by Crippen LogP contribution is -2.52. The number of nitrogens with zero attached hydrogens (tertiary/aromatic N) is 1. The van der Waals surface area contributed by atoms with Crippen LogP contribution >= 0.6 is 0 Å². The average molecular weight is 280 g/mol. The maximum atomic E-state index is 12.1. The van der Waals surface area contributed by atoms with Crippen molar-refractivity contribution in [2.75, 3.05) is 19.6 Å². The summed E-state index contributed by atoms with van der Waals surface area (Å²) in [5.74, 6) is 0.394. The first-order valence-corrected chi connectivity index (χ1v) is 7.88. The van der Waals surface area contributed by atoms with Crippen molar-refractivity contribution in [3.63, 3.8) is 0 Å². The third kappa shape index (κ3) is 4.32. The highest BCUT2D eigenvalue weighted by atomic mass is 16.5. The van der Waals surface area contributed by atoms with Gasteiger partial charge in [-0.05, 0) is 40.0 Å². The number of rotatable bonds is 4. The number of carbonyl (C=O) groups excluding carboxylic acids is 1. The average Bonchev–Trinajstić information content (AvgIpc) is 2.44. The van der Waals surface area contributed by atoms with E-state index in [9.17, 15) is 4.79 Å². The molecule has 2 aliphatic rings. The molecule has 0 radical (unpaired) electrons. The molecule has 1 fully saturated rings. The van der Waals surface area contributed by atoms with E-state index in [-0.39, 0.29) is 24.0 Å². The highest BCUT2D eigenvalue weighted by Gasteiger charge is 2.26. The molecule has 1 N–H and O–H groups in total. The van der Waals surface area contributed by atoms with Crippen molar-refractivity contribution in [3.8, 4) is 0 Å². The van der Waals surface area contributed by atoms with E-state index in [0.29, 0.717) is 6.04 Å². The molecule has 1 aliphatic heterocycles. The highest BCUT2D eigenvalue weighted by molar-refractivity contribution is 5.79. The monoisotopic (exact) mass is 280 g/mol. The van der Waals surface area contributed by atoms with Crippen molar-refractivity contribution in [1.29, 1.82) is 0 Å². The maximum Gasteiger partial charge on any atom is 0.223 e. The number of morpholine rings is 1. The lowest BCUT2D eigenvalue weighted by atomic mass is 9.93. The van der Waals surface area contributed by atoms with Crippen molar-refractivity contribution in [2.45, 2.75) is 58.3 Å². The molecule has 20 heavy (non-hydrogen) atoms. The molecular weight excluding hydrogens is 252 g/mol. The summed E-state index contributed by atoms with van der Waals surface area (Å²) in [6.45, 7) is 9.05. The standard InChI is InChI=1S/C16H28N2O2/c1-12(18-10-13(2)20-14(3)11-18)9-17-16(19)15-7-5-4-6-8-15/h4-5,12-15H,6-11H2,1-3H3,(H,17,19). The van der Waals surface area contributed by atoms with Gasteiger partial charge in [-0.2, -0.15) is 0 Å². The highest BCUT2D eigenvalue weighted by Crippen LogP contribution is 2.18. The minimum absolute atomic E-state index is 0.176. The van der Waals surface area contributed by atoms with Gasteiger partial charge in [0.05, 0.1) is 12.2 Å². The normalized spacial score (nSPS) is 32.9. The minimum Gasteiger partial charge on any atom is -0.373 e. The minimum atomic E-state index is 0.176. The van der Waals surface area contributed by atoms with E-state index in [1.807, 2.05) is 0 Å². The molecular formula is C16H28N2O2. The predicted octanol–water partition coefficient (Wildman–Crippen LogP) is 1.96.